The SMILES string of the molecule is CCCCCCCCCCCCc1ccccc1S(=O)(=O)NNc1nc2ccccc2s1. The van der Waals surface area contributed by atoms with Gasteiger partial charge in [0, 0.05) is 0 Å². The second-order valence-corrected chi connectivity index (χ2v) is 10.9. The highest BCUT2D eigenvalue weighted by atomic mass is 32.2. The zero-order valence-corrected chi connectivity index (χ0v) is 20.6. The summed E-state index contributed by atoms with van der Waals surface area (Å²) in [5, 5.41) is 0.530. The van der Waals surface area contributed by atoms with Gasteiger partial charge in [0.1, 0.15) is 0 Å². The smallest absolute Gasteiger partial charge is 0.257 e. The number of unbranched alkanes of at least 4 members (excludes halogenated alkanes) is 9. The fraction of sp³-hybridized carbons (Fsp3) is 0.480. The number of benzene rings is 2. The van der Waals surface area contributed by atoms with E-state index in [0.29, 0.717) is 10.0 Å². The fourth-order valence-electron chi connectivity index (χ4n) is 3.87. The summed E-state index contributed by atoms with van der Waals surface area (Å²) in [6.07, 6.45) is 13.5. The highest BCUT2D eigenvalue weighted by Crippen LogP contribution is 2.25. The molecule has 0 saturated carbocycles. The van der Waals surface area contributed by atoms with Crippen molar-refractivity contribution in [3.8, 4) is 0 Å². The predicted octanol–water partition coefficient (Wildman–Crippen LogP) is 7.07. The molecule has 0 radical (unpaired) electrons. The number of hydrogen-bond donors (Lipinski definition) is 2. The number of hydrogen-bond acceptors (Lipinski definition) is 5. The van der Waals surface area contributed by atoms with E-state index in [9.17, 15) is 8.42 Å². The molecule has 0 fully saturated rings. The summed E-state index contributed by atoms with van der Waals surface area (Å²) in [6, 6.07) is 15.0. The van der Waals surface area contributed by atoms with Gasteiger partial charge in [-0.2, -0.15) is 0 Å². The summed E-state index contributed by atoms with van der Waals surface area (Å²) in [6.45, 7) is 2.25. The molecule has 1 heterocycles. The van der Waals surface area contributed by atoms with Gasteiger partial charge in [-0.25, -0.2) is 13.4 Å². The van der Waals surface area contributed by atoms with Gasteiger partial charge in [0.05, 0.1) is 15.1 Å². The summed E-state index contributed by atoms with van der Waals surface area (Å²) >= 11 is 1.42. The number of sulfonamides is 1. The number of anilines is 1. The minimum Gasteiger partial charge on any atom is -0.283 e. The monoisotopic (exact) mass is 473 g/mol. The lowest BCUT2D eigenvalue weighted by molar-refractivity contribution is 0.555. The summed E-state index contributed by atoms with van der Waals surface area (Å²) < 4.78 is 26.9. The molecule has 7 heteroatoms. The number of rotatable bonds is 15. The Morgan fingerprint density at radius 1 is 0.812 bits per heavy atom. The third-order valence-electron chi connectivity index (χ3n) is 5.65. The molecule has 0 unspecified atom stereocenters. The Balaban J connectivity index is 1.46. The lowest BCUT2D eigenvalue weighted by Gasteiger charge is -2.12. The standard InChI is InChI=1S/C25H35N3O2S2/c1-2-3-4-5-6-7-8-9-10-11-16-21-17-12-15-20-24(21)32(29,30)28-27-25-26-22-18-13-14-19-23(22)31-25/h12-15,17-20,28H,2-11,16H2,1H3,(H,26,27). The van der Waals surface area contributed by atoms with Crippen LogP contribution in [0.25, 0.3) is 10.2 Å². The summed E-state index contributed by atoms with van der Waals surface area (Å²) in [5.41, 5.74) is 4.49. The van der Waals surface area contributed by atoms with Crippen LogP contribution in [0.2, 0.25) is 0 Å². The van der Waals surface area contributed by atoms with Gasteiger partial charge in [-0.05, 0) is 36.6 Å². The number of nitrogens with zero attached hydrogens (tertiary/aromatic N) is 1. The van der Waals surface area contributed by atoms with Crippen molar-refractivity contribution in [2.24, 2.45) is 0 Å². The van der Waals surface area contributed by atoms with Gasteiger partial charge in [0.2, 0.25) is 0 Å². The van der Waals surface area contributed by atoms with Crippen molar-refractivity contribution in [2.75, 3.05) is 5.43 Å². The molecular formula is C25H35N3O2S2. The largest absolute Gasteiger partial charge is 0.283 e. The lowest BCUT2D eigenvalue weighted by Crippen LogP contribution is -2.30. The Labute approximate surface area is 196 Å². The Morgan fingerprint density at radius 3 is 2.16 bits per heavy atom. The average molecular weight is 474 g/mol. The molecule has 3 rings (SSSR count). The number of hydrazine groups is 1. The molecule has 2 N–H and O–H groups in total. The maximum Gasteiger partial charge on any atom is 0.257 e. The van der Waals surface area contributed by atoms with Gasteiger partial charge in [-0.15, -0.1) is 4.83 Å². The van der Waals surface area contributed by atoms with E-state index in [1.165, 1.54) is 62.7 Å². The zero-order chi connectivity index (χ0) is 22.7. The highest BCUT2D eigenvalue weighted by Gasteiger charge is 2.18. The second-order valence-electron chi connectivity index (χ2n) is 8.26. The van der Waals surface area contributed by atoms with Crippen LogP contribution in [0.15, 0.2) is 53.4 Å². The molecule has 1 aromatic heterocycles. The predicted molar refractivity (Wildman–Crippen MR) is 136 cm³/mol. The lowest BCUT2D eigenvalue weighted by atomic mass is 10.0. The number of fused-ring (bicyclic) bond motifs is 1. The highest BCUT2D eigenvalue weighted by molar-refractivity contribution is 7.89. The topological polar surface area (TPSA) is 71.1 Å². The third kappa shape index (κ3) is 7.57. The number of aryl methyl sites for hydroxylation is 1. The van der Waals surface area contributed by atoms with Crippen molar-refractivity contribution in [3.63, 3.8) is 0 Å². The molecule has 0 aliphatic heterocycles. The molecule has 0 aliphatic carbocycles. The number of nitrogens with one attached hydrogen (secondary N) is 2. The molecule has 3 aromatic rings. The van der Waals surface area contributed by atoms with Gasteiger partial charge < -0.3 is 0 Å². The van der Waals surface area contributed by atoms with E-state index in [4.69, 9.17) is 0 Å². The van der Waals surface area contributed by atoms with Gasteiger partial charge >= 0.3 is 0 Å². The third-order valence-corrected chi connectivity index (χ3v) is 7.95. The first-order chi connectivity index (χ1) is 15.6. The minimum absolute atomic E-state index is 0.338. The van der Waals surface area contributed by atoms with Crippen LogP contribution in [0.3, 0.4) is 0 Å². The second kappa shape index (κ2) is 12.9. The van der Waals surface area contributed by atoms with Crippen molar-refractivity contribution >= 4 is 36.7 Å². The first-order valence-electron chi connectivity index (χ1n) is 11.8. The summed E-state index contributed by atoms with van der Waals surface area (Å²) in [4.78, 5) is 7.26. The van der Waals surface area contributed by atoms with Crippen LogP contribution in [-0.4, -0.2) is 13.4 Å². The maximum atomic E-state index is 12.9. The van der Waals surface area contributed by atoms with E-state index in [0.717, 1.165) is 35.0 Å². The normalized spacial score (nSPS) is 11.8. The Bertz CT molecular complexity index is 1030. The molecular weight excluding hydrogens is 438 g/mol. The van der Waals surface area contributed by atoms with Crippen LogP contribution < -0.4 is 10.3 Å². The van der Waals surface area contributed by atoms with Crippen LogP contribution in [0, 0.1) is 0 Å². The Morgan fingerprint density at radius 2 is 1.44 bits per heavy atom. The van der Waals surface area contributed by atoms with Crippen LogP contribution in [0.1, 0.15) is 76.7 Å². The maximum absolute atomic E-state index is 12.9. The molecule has 5 nitrogen and oxygen atoms in total. The van der Waals surface area contributed by atoms with Gasteiger partial charge in [-0.1, -0.05) is 106 Å². The molecule has 0 aliphatic rings. The first kappa shape index (κ1) is 24.7. The van der Waals surface area contributed by atoms with E-state index in [1.54, 1.807) is 12.1 Å². The van der Waals surface area contributed by atoms with Crippen LogP contribution >= 0.6 is 11.3 Å². The van der Waals surface area contributed by atoms with E-state index in [-0.39, 0.29) is 0 Å². The zero-order valence-electron chi connectivity index (χ0n) is 19.0. The first-order valence-corrected chi connectivity index (χ1v) is 14.1. The van der Waals surface area contributed by atoms with E-state index >= 15 is 0 Å². The van der Waals surface area contributed by atoms with Gasteiger partial charge in [-0.3, -0.25) is 5.43 Å². The Hall–Kier alpha value is -1.96. The van der Waals surface area contributed by atoms with Crippen LogP contribution in [0.5, 0.6) is 0 Å². The van der Waals surface area contributed by atoms with Gasteiger partial charge in [0.25, 0.3) is 10.0 Å². The molecule has 0 amide bonds. The quantitative estimate of drug-likeness (QED) is 0.183. The number of thiazole rings is 1. The van der Waals surface area contributed by atoms with Crippen molar-refractivity contribution in [3.05, 3.63) is 54.1 Å². The number of aromatic nitrogens is 1. The summed E-state index contributed by atoms with van der Waals surface area (Å²) in [7, 11) is -3.68. The van der Waals surface area contributed by atoms with Crippen molar-refractivity contribution < 1.29 is 8.42 Å². The summed E-state index contributed by atoms with van der Waals surface area (Å²) in [5.74, 6) is 0. The van der Waals surface area contributed by atoms with Crippen molar-refractivity contribution in [1.82, 2.24) is 9.82 Å². The molecule has 0 bridgehead atoms. The minimum atomic E-state index is -3.68. The number of para-hydroxylation sites is 1. The fourth-order valence-corrected chi connectivity index (χ4v) is 5.86. The molecule has 2 aromatic carbocycles. The van der Waals surface area contributed by atoms with E-state index in [1.807, 2.05) is 36.4 Å². The van der Waals surface area contributed by atoms with Crippen molar-refractivity contribution in [2.45, 2.75) is 82.4 Å². The van der Waals surface area contributed by atoms with Crippen LogP contribution in [0.4, 0.5) is 5.13 Å². The molecule has 0 atom stereocenters. The molecule has 32 heavy (non-hydrogen) atoms. The van der Waals surface area contributed by atoms with Crippen molar-refractivity contribution in [1.29, 1.82) is 0 Å². The average Bonchev–Trinajstić information content (AvgIpc) is 3.22. The van der Waals surface area contributed by atoms with E-state index < -0.39 is 10.0 Å². The van der Waals surface area contributed by atoms with Gasteiger partial charge in [0.15, 0.2) is 5.13 Å². The molecule has 0 spiro atoms. The molecule has 0 saturated heterocycles. The Kier molecular flexibility index (Phi) is 9.96. The van der Waals surface area contributed by atoms with Crippen LogP contribution in [-0.2, 0) is 16.4 Å². The van der Waals surface area contributed by atoms with E-state index in [2.05, 4.69) is 22.2 Å². The molecule has 174 valence electrons.